The molecule has 4 nitrogen and oxygen atoms in total. The maximum Gasteiger partial charge on any atom is 0.150 e. The Morgan fingerprint density at radius 2 is 2.17 bits per heavy atom. The highest BCUT2D eigenvalue weighted by Gasteiger charge is 2.41. The maximum atomic E-state index is 8.68. The van der Waals surface area contributed by atoms with Gasteiger partial charge in [0.2, 0.25) is 0 Å². The topological polar surface area (TPSA) is 58.9 Å². The molecule has 1 fully saturated rings. The monoisotopic (exact) mass is 174 g/mol. The zero-order chi connectivity index (χ0) is 9.03. The van der Waals surface area contributed by atoms with Gasteiger partial charge < -0.3 is 0 Å². The average molecular weight is 174 g/mol. The molecule has 0 radical (unpaired) electrons. The summed E-state index contributed by atoms with van der Waals surface area (Å²) in [4.78, 5) is 8.56. The van der Waals surface area contributed by atoms with Crippen LogP contribution < -0.4 is 0 Å². The van der Waals surface area contributed by atoms with Crippen molar-refractivity contribution in [2.24, 2.45) is 0 Å². The first-order valence-electron chi connectivity index (χ1n) is 4.05. The van der Waals surface area contributed by atoms with Crippen molar-refractivity contribution in [3.63, 3.8) is 0 Å². The zero-order valence-corrected chi connectivity index (χ0v) is 6.90. The fourth-order valence-corrected chi connectivity index (χ4v) is 1.65. The number of rotatable bonds is 3. The van der Waals surface area contributed by atoms with E-state index >= 15 is 0 Å². The molecule has 1 aliphatic rings. The second-order valence-electron chi connectivity index (χ2n) is 3.09. The van der Waals surface area contributed by atoms with Crippen LogP contribution in [0.25, 0.3) is 0 Å². The molecule has 0 aromatic heterocycles. The largest absolute Gasteiger partial charge is 0.251 e. The molecule has 0 aromatic carbocycles. The van der Waals surface area contributed by atoms with E-state index in [1.807, 2.05) is 0 Å². The highest BCUT2D eigenvalue weighted by molar-refractivity contribution is 5.04. The van der Waals surface area contributed by atoms with Crippen LogP contribution in [0.4, 0.5) is 0 Å². The molecule has 2 atom stereocenters. The standard InChI is InChI=1S/C8H14O4/c1-2-8(12-10)6-4-3-5-7(8)11-9/h2,7,9-10H,1,3-6H2. The van der Waals surface area contributed by atoms with E-state index < -0.39 is 11.7 Å². The van der Waals surface area contributed by atoms with Gasteiger partial charge >= 0.3 is 0 Å². The summed E-state index contributed by atoms with van der Waals surface area (Å²) >= 11 is 0. The van der Waals surface area contributed by atoms with Gasteiger partial charge in [-0.25, -0.2) is 9.78 Å². The summed E-state index contributed by atoms with van der Waals surface area (Å²) < 4.78 is 0. The van der Waals surface area contributed by atoms with Gasteiger partial charge in [-0.05, 0) is 19.3 Å². The van der Waals surface area contributed by atoms with Crippen LogP contribution in [0.3, 0.4) is 0 Å². The van der Waals surface area contributed by atoms with E-state index in [-0.39, 0.29) is 0 Å². The first-order chi connectivity index (χ1) is 5.79. The van der Waals surface area contributed by atoms with Crippen molar-refractivity contribution in [3.8, 4) is 0 Å². The van der Waals surface area contributed by atoms with Crippen molar-refractivity contribution < 1.29 is 20.3 Å². The first kappa shape index (κ1) is 9.67. The molecule has 1 aliphatic carbocycles. The fourth-order valence-electron chi connectivity index (χ4n) is 1.65. The summed E-state index contributed by atoms with van der Waals surface area (Å²) in [6.07, 6.45) is 4.17. The smallest absolute Gasteiger partial charge is 0.150 e. The van der Waals surface area contributed by atoms with Crippen molar-refractivity contribution in [2.45, 2.75) is 37.4 Å². The van der Waals surface area contributed by atoms with Gasteiger partial charge in [0.1, 0.15) is 6.10 Å². The van der Waals surface area contributed by atoms with Crippen LogP contribution in [0.2, 0.25) is 0 Å². The zero-order valence-electron chi connectivity index (χ0n) is 6.90. The summed E-state index contributed by atoms with van der Waals surface area (Å²) in [5.74, 6) is 0. The Morgan fingerprint density at radius 1 is 1.42 bits per heavy atom. The van der Waals surface area contributed by atoms with Crippen LogP contribution in [-0.2, 0) is 9.78 Å². The molecule has 12 heavy (non-hydrogen) atoms. The Hall–Kier alpha value is -0.420. The minimum Gasteiger partial charge on any atom is -0.251 e. The lowest BCUT2D eigenvalue weighted by molar-refractivity contribution is -0.385. The molecule has 0 heterocycles. The molecule has 1 saturated carbocycles. The quantitative estimate of drug-likeness (QED) is 0.389. The molecule has 0 spiro atoms. The van der Waals surface area contributed by atoms with Gasteiger partial charge in [-0.2, -0.15) is 0 Å². The van der Waals surface area contributed by atoms with Gasteiger partial charge in [-0.1, -0.05) is 12.5 Å². The molecule has 0 saturated heterocycles. The van der Waals surface area contributed by atoms with E-state index in [1.54, 1.807) is 0 Å². The Labute approximate surface area is 71.3 Å². The van der Waals surface area contributed by atoms with Crippen molar-refractivity contribution in [2.75, 3.05) is 0 Å². The molecule has 2 unspecified atom stereocenters. The number of hydrogen-bond acceptors (Lipinski definition) is 4. The molecule has 2 N–H and O–H groups in total. The maximum absolute atomic E-state index is 8.68. The third-order valence-electron chi connectivity index (χ3n) is 2.47. The second kappa shape index (κ2) is 4.00. The van der Waals surface area contributed by atoms with E-state index in [0.717, 1.165) is 12.8 Å². The van der Waals surface area contributed by atoms with Gasteiger partial charge in [0.05, 0.1) is 0 Å². The minimum absolute atomic E-state index is 0.506. The molecule has 0 aromatic rings. The summed E-state index contributed by atoms with van der Waals surface area (Å²) in [5.41, 5.74) is -0.924. The normalized spacial score (nSPS) is 36.3. The Balaban J connectivity index is 2.72. The molecule has 70 valence electrons. The van der Waals surface area contributed by atoms with E-state index in [0.29, 0.717) is 12.8 Å². The number of hydrogen-bond donors (Lipinski definition) is 2. The van der Waals surface area contributed by atoms with E-state index in [9.17, 15) is 0 Å². The summed E-state index contributed by atoms with van der Waals surface area (Å²) in [6.45, 7) is 3.55. The first-order valence-corrected chi connectivity index (χ1v) is 4.05. The van der Waals surface area contributed by atoms with E-state index in [2.05, 4.69) is 16.4 Å². The van der Waals surface area contributed by atoms with Crippen molar-refractivity contribution in [3.05, 3.63) is 12.7 Å². The Kier molecular flexibility index (Phi) is 3.22. The summed E-state index contributed by atoms with van der Waals surface area (Å²) in [6, 6.07) is 0. The minimum atomic E-state index is -0.924. The average Bonchev–Trinajstić information content (AvgIpc) is 2.17. The fraction of sp³-hybridized carbons (Fsp3) is 0.750. The van der Waals surface area contributed by atoms with Crippen molar-refractivity contribution in [1.29, 1.82) is 0 Å². The van der Waals surface area contributed by atoms with Crippen molar-refractivity contribution in [1.82, 2.24) is 0 Å². The van der Waals surface area contributed by atoms with Gasteiger partial charge in [-0.15, -0.1) is 6.58 Å². The molecule has 0 amide bonds. The Morgan fingerprint density at radius 3 is 2.58 bits per heavy atom. The lowest BCUT2D eigenvalue weighted by atomic mass is 9.82. The Bertz CT molecular complexity index is 159. The third-order valence-corrected chi connectivity index (χ3v) is 2.47. The van der Waals surface area contributed by atoms with E-state index in [1.165, 1.54) is 6.08 Å². The van der Waals surface area contributed by atoms with Crippen LogP contribution in [-0.4, -0.2) is 22.2 Å². The van der Waals surface area contributed by atoms with Crippen LogP contribution in [0.15, 0.2) is 12.7 Å². The van der Waals surface area contributed by atoms with Crippen LogP contribution in [0.1, 0.15) is 25.7 Å². The molecule has 1 rings (SSSR count). The molecule has 0 bridgehead atoms. The van der Waals surface area contributed by atoms with Gasteiger partial charge in [0.25, 0.3) is 0 Å². The molecule has 4 heteroatoms. The molecular weight excluding hydrogens is 160 g/mol. The SMILES string of the molecule is C=CC1(OO)CCCCC1OO. The highest BCUT2D eigenvalue weighted by Crippen LogP contribution is 2.33. The van der Waals surface area contributed by atoms with Crippen LogP contribution in [0, 0.1) is 0 Å². The molecule has 0 aliphatic heterocycles. The van der Waals surface area contributed by atoms with Gasteiger partial charge in [0.15, 0.2) is 5.60 Å². The predicted molar refractivity (Wildman–Crippen MR) is 42.6 cm³/mol. The predicted octanol–water partition coefficient (Wildman–Crippen LogP) is 1.83. The molecular formula is C8H14O4. The van der Waals surface area contributed by atoms with Gasteiger partial charge in [-0.3, -0.25) is 10.5 Å². The van der Waals surface area contributed by atoms with Crippen molar-refractivity contribution >= 4 is 0 Å². The third kappa shape index (κ3) is 1.51. The van der Waals surface area contributed by atoms with Crippen LogP contribution in [0.5, 0.6) is 0 Å². The summed E-state index contributed by atoms with van der Waals surface area (Å²) in [5, 5.41) is 17.2. The lowest BCUT2D eigenvalue weighted by Gasteiger charge is -2.36. The summed E-state index contributed by atoms with van der Waals surface area (Å²) in [7, 11) is 0. The second-order valence-corrected chi connectivity index (χ2v) is 3.09. The van der Waals surface area contributed by atoms with Gasteiger partial charge in [0, 0.05) is 0 Å². The lowest BCUT2D eigenvalue weighted by Crippen LogP contribution is -2.46. The van der Waals surface area contributed by atoms with E-state index in [4.69, 9.17) is 10.5 Å². The highest BCUT2D eigenvalue weighted by atomic mass is 17.1. The van der Waals surface area contributed by atoms with Crippen LogP contribution >= 0.6 is 0 Å².